The first-order valence-electron chi connectivity index (χ1n) is 5.73. The molecule has 0 aliphatic heterocycles. The molecule has 98 valence electrons. The Kier molecular flexibility index (Phi) is 4.62. The molecule has 18 heavy (non-hydrogen) atoms. The maximum absolute atomic E-state index is 5.38. The van der Waals surface area contributed by atoms with Gasteiger partial charge in [0.15, 0.2) is 0 Å². The molecule has 0 amide bonds. The van der Waals surface area contributed by atoms with Crippen LogP contribution in [-0.4, -0.2) is 28.0 Å². The van der Waals surface area contributed by atoms with Crippen LogP contribution in [0.2, 0.25) is 0 Å². The summed E-state index contributed by atoms with van der Waals surface area (Å²) < 4.78 is 0. The van der Waals surface area contributed by atoms with Gasteiger partial charge in [-0.05, 0) is 24.1 Å². The van der Waals surface area contributed by atoms with Crippen molar-refractivity contribution in [1.82, 2.24) is 9.97 Å². The summed E-state index contributed by atoms with van der Waals surface area (Å²) in [5, 5.41) is 7.06. The summed E-state index contributed by atoms with van der Waals surface area (Å²) in [7, 11) is 0. The van der Waals surface area contributed by atoms with Crippen molar-refractivity contribution in [2.75, 3.05) is 23.5 Å². The Hall–Kier alpha value is -1.05. The minimum atomic E-state index is 0.449. The number of hydrogen-bond donors (Lipinski definition) is 3. The Labute approximate surface area is 115 Å². The predicted molar refractivity (Wildman–Crippen MR) is 81.3 cm³/mol. The third-order valence-corrected chi connectivity index (χ3v) is 4.55. The maximum Gasteiger partial charge on any atom is 0.240 e. The van der Waals surface area contributed by atoms with Gasteiger partial charge in [0.25, 0.3) is 0 Å². The quantitative estimate of drug-likeness (QED) is 0.559. The zero-order valence-corrected chi connectivity index (χ0v) is 12.1. The molecular formula is C11H17N5S2. The van der Waals surface area contributed by atoms with Gasteiger partial charge in [0, 0.05) is 11.8 Å². The van der Waals surface area contributed by atoms with E-state index in [1.165, 1.54) is 0 Å². The molecule has 0 radical (unpaired) electrons. The summed E-state index contributed by atoms with van der Waals surface area (Å²) in [5.41, 5.74) is 2.50. The van der Waals surface area contributed by atoms with Crippen LogP contribution in [0.25, 0.3) is 10.2 Å². The first-order chi connectivity index (χ1) is 8.74. The number of aromatic nitrogens is 2. The number of nitrogens with one attached hydrogen (secondary N) is 2. The van der Waals surface area contributed by atoms with Crippen molar-refractivity contribution in [2.24, 2.45) is 5.84 Å². The normalized spacial score (nSPS) is 12.6. The largest absolute Gasteiger partial charge is 0.369 e. The number of anilines is 2. The summed E-state index contributed by atoms with van der Waals surface area (Å²) in [4.78, 5) is 9.60. The third-order valence-electron chi connectivity index (χ3n) is 2.70. The predicted octanol–water partition coefficient (Wildman–Crippen LogP) is 2.53. The number of thiophene rings is 1. The summed E-state index contributed by atoms with van der Waals surface area (Å²) >= 11 is 3.45. The topological polar surface area (TPSA) is 75.9 Å². The SMILES string of the molecule is CSC(C)CCNc1nc(NN)nc2sccc12. The van der Waals surface area contributed by atoms with E-state index in [2.05, 4.69) is 33.9 Å². The second-order valence-corrected chi connectivity index (χ2v) is 6.11. The summed E-state index contributed by atoms with van der Waals surface area (Å²) in [6, 6.07) is 2.03. The highest BCUT2D eigenvalue weighted by molar-refractivity contribution is 7.99. The summed E-state index contributed by atoms with van der Waals surface area (Å²) in [6.45, 7) is 3.12. The van der Waals surface area contributed by atoms with Crippen molar-refractivity contribution >= 4 is 45.1 Å². The molecule has 0 spiro atoms. The molecule has 5 nitrogen and oxygen atoms in total. The number of hydrogen-bond acceptors (Lipinski definition) is 7. The number of nitrogen functional groups attached to an aromatic ring is 1. The summed E-state index contributed by atoms with van der Waals surface area (Å²) in [5.74, 6) is 6.67. The van der Waals surface area contributed by atoms with E-state index in [0.717, 1.165) is 29.0 Å². The molecule has 0 aliphatic rings. The molecule has 0 bridgehead atoms. The second kappa shape index (κ2) is 6.21. The Morgan fingerprint density at radius 2 is 2.33 bits per heavy atom. The van der Waals surface area contributed by atoms with Gasteiger partial charge in [-0.1, -0.05) is 6.92 Å². The smallest absolute Gasteiger partial charge is 0.240 e. The highest BCUT2D eigenvalue weighted by Crippen LogP contribution is 2.26. The molecule has 0 fully saturated rings. The fourth-order valence-corrected chi connectivity index (χ4v) is 2.68. The van der Waals surface area contributed by atoms with Crippen molar-refractivity contribution in [3.63, 3.8) is 0 Å². The van der Waals surface area contributed by atoms with Crippen LogP contribution < -0.4 is 16.6 Å². The van der Waals surface area contributed by atoms with Crippen LogP contribution in [0.15, 0.2) is 11.4 Å². The number of nitrogens with two attached hydrogens (primary N) is 1. The molecule has 0 saturated heterocycles. The van der Waals surface area contributed by atoms with Gasteiger partial charge < -0.3 is 5.32 Å². The second-order valence-electron chi connectivity index (χ2n) is 3.94. The Morgan fingerprint density at radius 3 is 3.06 bits per heavy atom. The molecule has 1 atom stereocenters. The number of nitrogens with zero attached hydrogens (tertiary/aromatic N) is 2. The minimum Gasteiger partial charge on any atom is -0.369 e. The molecule has 7 heteroatoms. The molecule has 1 unspecified atom stereocenters. The first kappa shape index (κ1) is 13.4. The zero-order valence-electron chi connectivity index (χ0n) is 10.4. The number of hydrazine groups is 1. The molecule has 2 aromatic rings. The number of rotatable bonds is 6. The molecule has 2 heterocycles. The van der Waals surface area contributed by atoms with Crippen LogP contribution in [0, 0.1) is 0 Å². The first-order valence-corrected chi connectivity index (χ1v) is 7.90. The maximum atomic E-state index is 5.38. The van der Waals surface area contributed by atoms with Gasteiger partial charge in [-0.15, -0.1) is 11.3 Å². The zero-order chi connectivity index (χ0) is 13.0. The average Bonchev–Trinajstić information content (AvgIpc) is 2.86. The Bertz CT molecular complexity index is 513. The van der Waals surface area contributed by atoms with Crippen molar-refractivity contribution in [2.45, 2.75) is 18.6 Å². The fourth-order valence-electron chi connectivity index (χ4n) is 1.57. The third kappa shape index (κ3) is 3.04. The number of fused-ring (bicyclic) bond motifs is 1. The lowest BCUT2D eigenvalue weighted by Crippen LogP contribution is -2.13. The van der Waals surface area contributed by atoms with Crippen LogP contribution >= 0.6 is 23.1 Å². The van der Waals surface area contributed by atoms with Crippen LogP contribution in [0.1, 0.15) is 13.3 Å². The number of thioether (sulfide) groups is 1. The summed E-state index contributed by atoms with van der Waals surface area (Å²) in [6.07, 6.45) is 3.23. The van der Waals surface area contributed by atoms with Crippen molar-refractivity contribution in [3.05, 3.63) is 11.4 Å². The van der Waals surface area contributed by atoms with Gasteiger partial charge in [0.2, 0.25) is 5.95 Å². The van der Waals surface area contributed by atoms with Crippen LogP contribution in [0.5, 0.6) is 0 Å². The lowest BCUT2D eigenvalue weighted by Gasteiger charge is -2.11. The Balaban J connectivity index is 2.13. The van der Waals surface area contributed by atoms with E-state index in [1.54, 1.807) is 11.3 Å². The van der Waals surface area contributed by atoms with Crippen molar-refractivity contribution in [3.8, 4) is 0 Å². The van der Waals surface area contributed by atoms with E-state index in [4.69, 9.17) is 5.84 Å². The van der Waals surface area contributed by atoms with Gasteiger partial charge >= 0.3 is 0 Å². The monoisotopic (exact) mass is 283 g/mol. The van der Waals surface area contributed by atoms with Crippen molar-refractivity contribution in [1.29, 1.82) is 0 Å². The highest BCUT2D eigenvalue weighted by atomic mass is 32.2. The molecule has 0 saturated carbocycles. The van der Waals surface area contributed by atoms with Gasteiger partial charge in [-0.3, -0.25) is 5.43 Å². The van der Waals surface area contributed by atoms with E-state index in [1.807, 2.05) is 23.2 Å². The van der Waals surface area contributed by atoms with E-state index in [9.17, 15) is 0 Å². The Morgan fingerprint density at radius 1 is 1.50 bits per heavy atom. The molecule has 2 rings (SSSR count). The van der Waals surface area contributed by atoms with E-state index in [-0.39, 0.29) is 0 Å². The molecule has 0 aliphatic carbocycles. The standard InChI is InChI=1S/C11H17N5S2/c1-7(17-2)3-5-13-9-8-4-6-18-10(8)15-11(14-9)16-12/h4,6-7H,3,5,12H2,1-2H3,(H2,13,14,15,16). The molecule has 2 aromatic heterocycles. The van der Waals surface area contributed by atoms with Gasteiger partial charge in [-0.25, -0.2) is 10.8 Å². The van der Waals surface area contributed by atoms with Crippen LogP contribution in [0.4, 0.5) is 11.8 Å². The van der Waals surface area contributed by atoms with Crippen molar-refractivity contribution < 1.29 is 0 Å². The van der Waals surface area contributed by atoms with Gasteiger partial charge in [-0.2, -0.15) is 16.7 Å². The van der Waals surface area contributed by atoms with Gasteiger partial charge in [0.1, 0.15) is 10.6 Å². The fraction of sp³-hybridized carbons (Fsp3) is 0.455. The van der Waals surface area contributed by atoms with Crippen LogP contribution in [-0.2, 0) is 0 Å². The molecule has 4 N–H and O–H groups in total. The molecular weight excluding hydrogens is 266 g/mol. The lowest BCUT2D eigenvalue weighted by molar-refractivity contribution is 0.851. The highest BCUT2D eigenvalue weighted by Gasteiger charge is 2.08. The lowest BCUT2D eigenvalue weighted by atomic mass is 10.3. The van der Waals surface area contributed by atoms with E-state index < -0.39 is 0 Å². The van der Waals surface area contributed by atoms with Crippen LogP contribution in [0.3, 0.4) is 0 Å². The van der Waals surface area contributed by atoms with Gasteiger partial charge in [0.05, 0.1) is 5.39 Å². The minimum absolute atomic E-state index is 0.449. The van der Waals surface area contributed by atoms with E-state index in [0.29, 0.717) is 11.2 Å². The average molecular weight is 283 g/mol. The molecule has 0 aromatic carbocycles. The van der Waals surface area contributed by atoms with E-state index >= 15 is 0 Å².